The number of nitro groups is 1. The topological polar surface area (TPSA) is 93.0 Å². The molecule has 1 aromatic carbocycles. The van der Waals surface area contributed by atoms with Crippen molar-refractivity contribution in [2.45, 2.75) is 50.2 Å². The normalized spacial score (nSPS) is 24.6. The maximum Gasteiger partial charge on any atom is 0.288 e. The van der Waals surface area contributed by atoms with Gasteiger partial charge in [0.1, 0.15) is 4.90 Å². The lowest BCUT2D eigenvalue weighted by Gasteiger charge is -2.37. The van der Waals surface area contributed by atoms with Crippen LogP contribution in [-0.4, -0.2) is 69.4 Å². The molecule has 2 saturated heterocycles. The Hall–Kier alpha value is -1.71. The van der Waals surface area contributed by atoms with E-state index in [9.17, 15) is 18.5 Å². The number of morpholine rings is 1. The molecule has 2 aliphatic heterocycles. The van der Waals surface area contributed by atoms with Gasteiger partial charge in [-0.1, -0.05) is 0 Å². The first-order valence-electron chi connectivity index (χ1n) is 10.2. The number of nitro benzene ring substituents is 1. The number of benzene rings is 1. The van der Waals surface area contributed by atoms with Crippen LogP contribution in [0.5, 0.6) is 0 Å². The van der Waals surface area contributed by atoms with Crippen molar-refractivity contribution in [3.05, 3.63) is 28.3 Å². The van der Waals surface area contributed by atoms with Crippen LogP contribution in [0.15, 0.2) is 23.1 Å². The van der Waals surface area contributed by atoms with Gasteiger partial charge in [0.15, 0.2) is 9.84 Å². The maximum absolute atomic E-state index is 12.0. The van der Waals surface area contributed by atoms with E-state index in [0.717, 1.165) is 63.9 Å². The van der Waals surface area contributed by atoms with E-state index in [0.29, 0.717) is 5.92 Å². The van der Waals surface area contributed by atoms with Crippen molar-refractivity contribution in [2.24, 2.45) is 5.92 Å². The third-order valence-corrected chi connectivity index (χ3v) is 6.99. The summed E-state index contributed by atoms with van der Waals surface area (Å²) in [7, 11) is -3.66. The van der Waals surface area contributed by atoms with Crippen LogP contribution in [-0.2, 0) is 14.6 Å². The average Bonchev–Trinajstić information content (AvgIpc) is 2.65. The van der Waals surface area contributed by atoms with Gasteiger partial charge < -0.3 is 9.64 Å². The Morgan fingerprint density at radius 2 is 1.79 bits per heavy atom. The number of nitrogens with zero attached hydrogens (tertiary/aromatic N) is 3. The summed E-state index contributed by atoms with van der Waals surface area (Å²) in [5.74, 6) is 0.645. The van der Waals surface area contributed by atoms with Crippen molar-refractivity contribution >= 4 is 21.2 Å². The molecule has 2 atom stereocenters. The summed E-state index contributed by atoms with van der Waals surface area (Å²) in [5, 5.41) is 11.2. The van der Waals surface area contributed by atoms with Gasteiger partial charge >= 0.3 is 0 Å². The molecule has 1 aromatic rings. The zero-order valence-corrected chi connectivity index (χ0v) is 18.2. The van der Waals surface area contributed by atoms with E-state index in [1.54, 1.807) is 6.07 Å². The summed E-state index contributed by atoms with van der Waals surface area (Å²) in [6, 6.07) is 4.41. The summed E-state index contributed by atoms with van der Waals surface area (Å²) in [6.45, 7) is 8.97. The average molecular weight is 426 g/mol. The number of hydrogen-bond donors (Lipinski definition) is 0. The molecule has 2 aliphatic rings. The molecular formula is C20H31N3O5S. The molecule has 2 unspecified atom stereocenters. The quantitative estimate of drug-likeness (QED) is 0.511. The van der Waals surface area contributed by atoms with Crippen LogP contribution in [0.4, 0.5) is 11.4 Å². The first-order valence-corrected chi connectivity index (χ1v) is 12.1. The molecule has 0 spiro atoms. The molecule has 162 valence electrons. The van der Waals surface area contributed by atoms with Gasteiger partial charge in [-0.05, 0) is 57.7 Å². The first kappa shape index (κ1) is 22.0. The fourth-order valence-corrected chi connectivity index (χ4v) is 5.32. The van der Waals surface area contributed by atoms with Crippen molar-refractivity contribution in [3.63, 3.8) is 0 Å². The Morgan fingerprint density at radius 1 is 1.17 bits per heavy atom. The van der Waals surface area contributed by atoms with E-state index in [-0.39, 0.29) is 22.8 Å². The van der Waals surface area contributed by atoms with Crippen molar-refractivity contribution in [1.82, 2.24) is 4.90 Å². The second kappa shape index (κ2) is 8.97. The third kappa shape index (κ3) is 5.67. The molecule has 2 heterocycles. The Labute approximate surface area is 172 Å². The molecule has 3 rings (SSSR count). The first-order chi connectivity index (χ1) is 13.6. The maximum atomic E-state index is 12.0. The highest BCUT2D eigenvalue weighted by atomic mass is 32.2. The lowest BCUT2D eigenvalue weighted by molar-refractivity contribution is -0.387. The molecule has 0 bridgehead atoms. The van der Waals surface area contributed by atoms with Crippen LogP contribution in [0.1, 0.15) is 33.1 Å². The Kier molecular flexibility index (Phi) is 6.80. The molecule has 9 heteroatoms. The lowest BCUT2D eigenvalue weighted by atomic mass is 9.93. The predicted molar refractivity (Wildman–Crippen MR) is 112 cm³/mol. The van der Waals surface area contributed by atoms with Crippen LogP contribution in [0, 0.1) is 16.0 Å². The summed E-state index contributed by atoms with van der Waals surface area (Å²) >= 11 is 0. The second-order valence-electron chi connectivity index (χ2n) is 8.42. The minimum absolute atomic E-state index is 0.210. The highest BCUT2D eigenvalue weighted by molar-refractivity contribution is 7.90. The largest absolute Gasteiger partial charge is 0.373 e. The smallest absolute Gasteiger partial charge is 0.288 e. The number of rotatable bonds is 6. The van der Waals surface area contributed by atoms with Gasteiger partial charge in [0.05, 0.1) is 17.1 Å². The second-order valence-corrected chi connectivity index (χ2v) is 10.4. The third-order valence-electron chi connectivity index (χ3n) is 5.87. The number of hydrogen-bond acceptors (Lipinski definition) is 7. The van der Waals surface area contributed by atoms with Crippen LogP contribution in [0.2, 0.25) is 0 Å². The zero-order chi connectivity index (χ0) is 21.2. The minimum Gasteiger partial charge on any atom is -0.373 e. The van der Waals surface area contributed by atoms with Crippen LogP contribution < -0.4 is 4.90 Å². The van der Waals surface area contributed by atoms with Gasteiger partial charge in [0, 0.05) is 44.2 Å². The molecule has 0 aliphatic carbocycles. The highest BCUT2D eigenvalue weighted by Crippen LogP contribution is 2.31. The Morgan fingerprint density at radius 3 is 2.34 bits per heavy atom. The zero-order valence-electron chi connectivity index (χ0n) is 17.4. The van der Waals surface area contributed by atoms with Crippen molar-refractivity contribution < 1.29 is 18.1 Å². The lowest BCUT2D eigenvalue weighted by Crippen LogP contribution is -2.46. The fourth-order valence-electron chi connectivity index (χ4n) is 4.46. The molecule has 0 radical (unpaired) electrons. The number of piperidine rings is 1. The van der Waals surface area contributed by atoms with E-state index in [4.69, 9.17) is 4.74 Å². The summed E-state index contributed by atoms with van der Waals surface area (Å²) in [6.07, 6.45) is 4.82. The van der Waals surface area contributed by atoms with Crippen LogP contribution >= 0.6 is 0 Å². The SMILES string of the molecule is CC1CN(CCC2CCN(c3ccc([N+](=O)[O-])c(S(C)(=O)=O)c3)CC2)CC(C)O1. The number of sulfone groups is 1. The summed E-state index contributed by atoms with van der Waals surface area (Å²) in [4.78, 5) is 14.9. The molecular weight excluding hydrogens is 394 g/mol. The van der Waals surface area contributed by atoms with Gasteiger partial charge in [-0.2, -0.15) is 0 Å². The fraction of sp³-hybridized carbons (Fsp3) is 0.700. The molecule has 0 aromatic heterocycles. The van der Waals surface area contributed by atoms with Crippen LogP contribution in [0.25, 0.3) is 0 Å². The number of ether oxygens (including phenoxy) is 1. The molecule has 29 heavy (non-hydrogen) atoms. The standard InChI is InChI=1S/C20H31N3O5S/c1-15-13-21(14-16(2)28-15)9-6-17-7-10-22(11-8-17)18-4-5-19(23(24)25)20(12-18)29(3,26)27/h4-5,12,15-17H,6-11,13-14H2,1-3H3. The molecule has 0 saturated carbocycles. The van der Waals surface area contributed by atoms with Gasteiger partial charge in [0.25, 0.3) is 5.69 Å². The highest BCUT2D eigenvalue weighted by Gasteiger charge is 2.27. The van der Waals surface area contributed by atoms with Gasteiger partial charge in [-0.3, -0.25) is 15.0 Å². The van der Waals surface area contributed by atoms with Crippen molar-refractivity contribution in [1.29, 1.82) is 0 Å². The number of anilines is 1. The van der Waals surface area contributed by atoms with E-state index in [1.807, 2.05) is 0 Å². The molecule has 2 fully saturated rings. The summed E-state index contributed by atoms with van der Waals surface area (Å²) < 4.78 is 29.8. The van der Waals surface area contributed by atoms with Crippen molar-refractivity contribution in [3.8, 4) is 0 Å². The van der Waals surface area contributed by atoms with Gasteiger partial charge in [-0.15, -0.1) is 0 Å². The molecule has 0 amide bonds. The monoisotopic (exact) mass is 425 g/mol. The Balaban J connectivity index is 1.57. The van der Waals surface area contributed by atoms with E-state index < -0.39 is 14.8 Å². The van der Waals surface area contributed by atoms with Crippen molar-refractivity contribution in [2.75, 3.05) is 43.9 Å². The van der Waals surface area contributed by atoms with E-state index in [2.05, 4.69) is 23.6 Å². The van der Waals surface area contributed by atoms with Gasteiger partial charge in [-0.25, -0.2) is 8.42 Å². The van der Waals surface area contributed by atoms with Crippen LogP contribution in [0.3, 0.4) is 0 Å². The molecule has 0 N–H and O–H groups in total. The van der Waals surface area contributed by atoms with E-state index >= 15 is 0 Å². The van der Waals surface area contributed by atoms with E-state index in [1.165, 1.54) is 12.1 Å². The minimum atomic E-state index is -3.66. The summed E-state index contributed by atoms with van der Waals surface area (Å²) in [5.41, 5.74) is 0.380. The predicted octanol–water partition coefficient (Wildman–Crippen LogP) is 2.71. The Bertz CT molecular complexity index is 827. The molecule has 8 nitrogen and oxygen atoms in total. The van der Waals surface area contributed by atoms with Gasteiger partial charge in [0.2, 0.25) is 0 Å².